The van der Waals surface area contributed by atoms with E-state index in [1.165, 1.54) is 5.69 Å². The lowest BCUT2D eigenvalue weighted by molar-refractivity contribution is -0.114. The summed E-state index contributed by atoms with van der Waals surface area (Å²) in [6.07, 6.45) is 0. The van der Waals surface area contributed by atoms with Crippen molar-refractivity contribution in [3.8, 4) is 0 Å². The molecule has 1 aliphatic rings. The summed E-state index contributed by atoms with van der Waals surface area (Å²) in [6, 6.07) is 16.3. The lowest BCUT2D eigenvalue weighted by Crippen LogP contribution is -2.46. The first-order chi connectivity index (χ1) is 13.1. The molecule has 0 aromatic heterocycles. The van der Waals surface area contributed by atoms with E-state index in [-0.39, 0.29) is 5.91 Å². The predicted molar refractivity (Wildman–Crippen MR) is 114 cm³/mol. The van der Waals surface area contributed by atoms with Gasteiger partial charge in [0.25, 0.3) is 0 Å². The lowest BCUT2D eigenvalue weighted by atomic mass is 10.1. The maximum Gasteiger partial charge on any atom is 0.243 e. The van der Waals surface area contributed by atoms with E-state index in [9.17, 15) is 4.79 Å². The highest BCUT2D eigenvalue weighted by atomic mass is 16.2. The molecular formula is C22H30N4O. The van der Waals surface area contributed by atoms with Crippen LogP contribution in [0, 0.1) is 6.92 Å². The van der Waals surface area contributed by atoms with Gasteiger partial charge in [-0.1, -0.05) is 25.1 Å². The van der Waals surface area contributed by atoms with E-state index >= 15 is 0 Å². The van der Waals surface area contributed by atoms with Gasteiger partial charge in [0.05, 0.1) is 6.54 Å². The number of carbonyl (C=O) groups is 1. The zero-order valence-electron chi connectivity index (χ0n) is 16.6. The molecular weight excluding hydrogens is 336 g/mol. The van der Waals surface area contributed by atoms with Gasteiger partial charge in [-0.2, -0.15) is 0 Å². The molecule has 5 nitrogen and oxygen atoms in total. The number of para-hydroxylation sites is 1. The maximum absolute atomic E-state index is 12.4. The van der Waals surface area contributed by atoms with Crippen LogP contribution >= 0.6 is 0 Å². The molecule has 2 aromatic carbocycles. The van der Waals surface area contributed by atoms with Gasteiger partial charge in [0.15, 0.2) is 0 Å². The number of benzene rings is 2. The van der Waals surface area contributed by atoms with Crippen molar-refractivity contribution < 1.29 is 4.79 Å². The summed E-state index contributed by atoms with van der Waals surface area (Å²) in [5, 5.41) is 3.05. The monoisotopic (exact) mass is 366 g/mol. The van der Waals surface area contributed by atoms with Crippen LogP contribution in [0.4, 0.5) is 17.1 Å². The summed E-state index contributed by atoms with van der Waals surface area (Å²) < 4.78 is 0. The molecule has 144 valence electrons. The number of nitrogens with one attached hydrogen (secondary N) is 1. The molecule has 27 heavy (non-hydrogen) atoms. The number of hydrogen-bond acceptors (Lipinski definition) is 4. The molecule has 0 atom stereocenters. The maximum atomic E-state index is 12.4. The first-order valence-corrected chi connectivity index (χ1v) is 9.71. The fourth-order valence-electron chi connectivity index (χ4n) is 3.49. The molecule has 1 amide bonds. The minimum absolute atomic E-state index is 0.00577. The average Bonchev–Trinajstić information content (AvgIpc) is 2.70. The predicted octanol–water partition coefficient (Wildman–Crippen LogP) is 3.21. The third kappa shape index (κ3) is 5.01. The van der Waals surface area contributed by atoms with Crippen molar-refractivity contribution in [2.24, 2.45) is 0 Å². The van der Waals surface area contributed by atoms with Crippen molar-refractivity contribution >= 4 is 23.0 Å². The zero-order valence-corrected chi connectivity index (χ0v) is 16.6. The molecule has 5 heteroatoms. The number of hydrogen-bond donors (Lipinski definition) is 1. The smallest absolute Gasteiger partial charge is 0.243 e. The molecule has 2 aromatic rings. The Labute approximate surface area is 162 Å². The van der Waals surface area contributed by atoms with Crippen molar-refractivity contribution in [3.63, 3.8) is 0 Å². The van der Waals surface area contributed by atoms with Crippen molar-refractivity contribution in [1.82, 2.24) is 4.90 Å². The van der Waals surface area contributed by atoms with Crippen LogP contribution in [0.1, 0.15) is 12.5 Å². The number of likely N-dealkylation sites (N-methyl/N-ethyl adjacent to an activating group) is 2. The van der Waals surface area contributed by atoms with Gasteiger partial charge < -0.3 is 20.0 Å². The second kappa shape index (κ2) is 8.91. The lowest BCUT2D eigenvalue weighted by Gasteiger charge is -2.35. The molecule has 3 rings (SSSR count). The molecule has 0 aliphatic carbocycles. The van der Waals surface area contributed by atoms with E-state index in [1.54, 1.807) is 0 Å². The molecule has 0 bridgehead atoms. The highest BCUT2D eigenvalue weighted by molar-refractivity contribution is 5.94. The zero-order chi connectivity index (χ0) is 19.2. The van der Waals surface area contributed by atoms with Gasteiger partial charge in [-0.05, 0) is 49.4 Å². The summed E-state index contributed by atoms with van der Waals surface area (Å²) in [5.74, 6) is -0.00577. The molecule has 1 heterocycles. The molecule has 0 radical (unpaired) electrons. The van der Waals surface area contributed by atoms with Crippen LogP contribution < -0.4 is 15.1 Å². The van der Waals surface area contributed by atoms with E-state index < -0.39 is 0 Å². The number of anilines is 3. The number of amides is 1. The minimum atomic E-state index is -0.00577. The van der Waals surface area contributed by atoms with Crippen LogP contribution in [0.5, 0.6) is 0 Å². The number of nitrogens with zero attached hydrogens (tertiary/aromatic N) is 3. The average molecular weight is 367 g/mol. The third-order valence-corrected chi connectivity index (χ3v) is 5.25. The number of piperazine rings is 1. The first kappa shape index (κ1) is 19.2. The van der Waals surface area contributed by atoms with E-state index in [2.05, 4.69) is 41.1 Å². The van der Waals surface area contributed by atoms with Crippen LogP contribution in [-0.4, -0.2) is 57.1 Å². The summed E-state index contributed by atoms with van der Waals surface area (Å²) in [5.41, 5.74) is 4.26. The Kier molecular flexibility index (Phi) is 6.35. The Balaban J connectivity index is 1.58. The molecule has 0 spiro atoms. The van der Waals surface area contributed by atoms with Crippen molar-refractivity contribution in [2.45, 2.75) is 13.8 Å². The Morgan fingerprint density at radius 2 is 1.78 bits per heavy atom. The van der Waals surface area contributed by atoms with Crippen LogP contribution in [0.2, 0.25) is 0 Å². The summed E-state index contributed by atoms with van der Waals surface area (Å²) in [6.45, 7) is 10.1. The molecule has 1 saturated heterocycles. The fraction of sp³-hybridized carbons (Fsp3) is 0.409. The number of carbonyl (C=O) groups excluding carboxylic acids is 1. The van der Waals surface area contributed by atoms with Crippen LogP contribution in [0.25, 0.3) is 0 Å². The van der Waals surface area contributed by atoms with Gasteiger partial charge in [-0.25, -0.2) is 0 Å². The molecule has 1 N–H and O–H groups in total. The Hall–Kier alpha value is -2.53. The highest BCUT2D eigenvalue weighted by Crippen LogP contribution is 2.24. The highest BCUT2D eigenvalue weighted by Gasteiger charge is 2.17. The van der Waals surface area contributed by atoms with Gasteiger partial charge in [-0.15, -0.1) is 0 Å². The van der Waals surface area contributed by atoms with Gasteiger partial charge in [-0.3, -0.25) is 4.79 Å². The van der Waals surface area contributed by atoms with E-state index in [4.69, 9.17) is 0 Å². The van der Waals surface area contributed by atoms with Crippen LogP contribution in [0.3, 0.4) is 0 Å². The Bertz CT molecular complexity index is 754. The number of rotatable bonds is 6. The van der Waals surface area contributed by atoms with E-state index in [0.717, 1.165) is 49.7 Å². The van der Waals surface area contributed by atoms with Gasteiger partial charge in [0, 0.05) is 50.3 Å². The minimum Gasteiger partial charge on any atom is -0.369 e. The van der Waals surface area contributed by atoms with Crippen molar-refractivity contribution in [2.75, 3.05) is 61.4 Å². The summed E-state index contributed by atoms with van der Waals surface area (Å²) >= 11 is 0. The van der Waals surface area contributed by atoms with Crippen LogP contribution in [-0.2, 0) is 4.79 Å². The van der Waals surface area contributed by atoms with Gasteiger partial charge in [0.2, 0.25) is 5.91 Å². The number of aryl methyl sites for hydroxylation is 1. The molecule has 1 aliphatic heterocycles. The standard InChI is InChI=1S/C22H30N4O/c1-4-25-12-14-26(15-13-25)20-10-11-21(18(2)16-20)23-22(27)17-24(3)19-8-6-5-7-9-19/h5-11,16H,4,12-15,17H2,1-3H3,(H,23,27). The van der Waals surface area contributed by atoms with Crippen molar-refractivity contribution in [3.05, 3.63) is 54.1 Å². The van der Waals surface area contributed by atoms with Gasteiger partial charge >= 0.3 is 0 Å². The Morgan fingerprint density at radius 1 is 1.07 bits per heavy atom. The second-order valence-corrected chi connectivity index (χ2v) is 7.16. The van der Waals surface area contributed by atoms with Gasteiger partial charge in [0.1, 0.15) is 0 Å². The molecule has 0 saturated carbocycles. The summed E-state index contributed by atoms with van der Waals surface area (Å²) in [7, 11) is 1.93. The fourth-order valence-corrected chi connectivity index (χ4v) is 3.49. The van der Waals surface area contributed by atoms with Crippen LogP contribution in [0.15, 0.2) is 48.5 Å². The van der Waals surface area contributed by atoms with Crippen molar-refractivity contribution in [1.29, 1.82) is 0 Å². The topological polar surface area (TPSA) is 38.8 Å². The van der Waals surface area contributed by atoms with E-state index in [0.29, 0.717) is 6.54 Å². The molecule has 0 unspecified atom stereocenters. The normalized spacial score (nSPS) is 14.9. The summed E-state index contributed by atoms with van der Waals surface area (Å²) in [4.78, 5) is 19.3. The Morgan fingerprint density at radius 3 is 2.41 bits per heavy atom. The molecule has 1 fully saturated rings. The quantitative estimate of drug-likeness (QED) is 0.852. The second-order valence-electron chi connectivity index (χ2n) is 7.16. The largest absolute Gasteiger partial charge is 0.369 e. The third-order valence-electron chi connectivity index (χ3n) is 5.25. The van der Waals surface area contributed by atoms with E-state index in [1.807, 2.05) is 48.3 Å². The SMILES string of the molecule is CCN1CCN(c2ccc(NC(=O)CN(C)c3ccccc3)c(C)c2)CC1. The first-order valence-electron chi connectivity index (χ1n) is 9.71.